The molecule has 0 aromatic carbocycles. The van der Waals surface area contributed by atoms with Crippen molar-refractivity contribution < 1.29 is 9.59 Å². The van der Waals surface area contributed by atoms with Crippen LogP contribution in [0.15, 0.2) is 15.9 Å². The van der Waals surface area contributed by atoms with Crippen LogP contribution >= 0.6 is 27.3 Å². The molecule has 0 aliphatic carbocycles. The van der Waals surface area contributed by atoms with E-state index in [1.165, 1.54) is 0 Å². The van der Waals surface area contributed by atoms with E-state index < -0.39 is 0 Å². The molecule has 92 valence electrons. The highest BCUT2D eigenvalue weighted by molar-refractivity contribution is 9.10. The van der Waals surface area contributed by atoms with E-state index >= 15 is 0 Å². The third-order valence-electron chi connectivity index (χ3n) is 2.68. The van der Waals surface area contributed by atoms with Gasteiger partial charge >= 0.3 is 0 Å². The van der Waals surface area contributed by atoms with Gasteiger partial charge in [-0.3, -0.25) is 9.59 Å². The fourth-order valence-electron chi connectivity index (χ4n) is 1.81. The van der Waals surface area contributed by atoms with Crippen LogP contribution in [0.1, 0.15) is 17.7 Å². The number of rotatable bonds is 3. The minimum Gasteiger partial charge on any atom is -0.344 e. The largest absolute Gasteiger partial charge is 0.344 e. The highest BCUT2D eigenvalue weighted by atomic mass is 79.9. The maximum atomic E-state index is 12.0. The minimum absolute atomic E-state index is 0.0135. The van der Waals surface area contributed by atoms with E-state index in [1.54, 1.807) is 23.3 Å². The van der Waals surface area contributed by atoms with Gasteiger partial charge in [0.2, 0.25) is 11.8 Å². The molecule has 0 saturated carbocycles. The van der Waals surface area contributed by atoms with Gasteiger partial charge in [0.15, 0.2) is 0 Å². The van der Waals surface area contributed by atoms with Gasteiger partial charge in [-0.1, -0.05) is 0 Å². The molecule has 2 rings (SSSR count). The fraction of sp³-hybridized carbons (Fsp3) is 0.455. The normalized spacial score (nSPS) is 19.2. The summed E-state index contributed by atoms with van der Waals surface area (Å²) in [5, 5.41) is 4.68. The van der Waals surface area contributed by atoms with E-state index in [0.29, 0.717) is 19.4 Å². The van der Waals surface area contributed by atoms with Crippen molar-refractivity contribution in [2.45, 2.75) is 25.4 Å². The Morgan fingerprint density at radius 3 is 3.00 bits per heavy atom. The molecule has 0 spiro atoms. The van der Waals surface area contributed by atoms with Crippen molar-refractivity contribution in [2.75, 3.05) is 7.05 Å². The van der Waals surface area contributed by atoms with Crippen LogP contribution in [0.5, 0.6) is 0 Å². The fourth-order valence-corrected chi connectivity index (χ4v) is 3.32. The van der Waals surface area contributed by atoms with Crippen molar-refractivity contribution in [1.82, 2.24) is 10.2 Å². The van der Waals surface area contributed by atoms with Gasteiger partial charge in [-0.15, -0.1) is 11.3 Å². The second kappa shape index (κ2) is 5.18. The van der Waals surface area contributed by atoms with E-state index in [1.807, 2.05) is 11.4 Å². The van der Waals surface area contributed by atoms with Crippen LogP contribution in [0.2, 0.25) is 0 Å². The third kappa shape index (κ3) is 3.07. The first-order valence-electron chi connectivity index (χ1n) is 5.33. The van der Waals surface area contributed by atoms with Crippen molar-refractivity contribution >= 4 is 39.1 Å². The molecule has 1 saturated heterocycles. The zero-order chi connectivity index (χ0) is 12.4. The predicted molar refractivity (Wildman–Crippen MR) is 69.7 cm³/mol. The number of halogens is 1. The first kappa shape index (κ1) is 12.6. The maximum absolute atomic E-state index is 12.0. The highest BCUT2D eigenvalue weighted by Gasteiger charge is 2.29. The monoisotopic (exact) mass is 316 g/mol. The van der Waals surface area contributed by atoms with E-state index in [2.05, 4.69) is 21.2 Å². The van der Waals surface area contributed by atoms with Gasteiger partial charge in [0.05, 0.1) is 6.54 Å². The Balaban J connectivity index is 1.93. The molecule has 1 unspecified atom stereocenters. The average Bonchev–Trinajstić information content (AvgIpc) is 2.87. The zero-order valence-corrected chi connectivity index (χ0v) is 11.8. The summed E-state index contributed by atoms with van der Waals surface area (Å²) in [5.74, 6) is -0.0454. The van der Waals surface area contributed by atoms with Crippen LogP contribution < -0.4 is 5.32 Å². The standard InChI is InChI=1S/C11H13BrN2O2S/c1-14(5-8-4-7(12)6-17-8)11(16)9-2-3-10(15)13-9/h4,6,9H,2-3,5H2,1H3,(H,13,15). The summed E-state index contributed by atoms with van der Waals surface area (Å²) in [5.41, 5.74) is 0. The van der Waals surface area contributed by atoms with Gasteiger partial charge < -0.3 is 10.2 Å². The van der Waals surface area contributed by atoms with Crippen LogP contribution in [0.4, 0.5) is 0 Å². The van der Waals surface area contributed by atoms with Crippen molar-refractivity contribution in [3.63, 3.8) is 0 Å². The van der Waals surface area contributed by atoms with Crippen LogP contribution in [-0.4, -0.2) is 29.8 Å². The van der Waals surface area contributed by atoms with E-state index in [9.17, 15) is 9.59 Å². The molecule has 1 aromatic rings. The second-order valence-electron chi connectivity index (χ2n) is 4.08. The molecule has 1 N–H and O–H groups in total. The van der Waals surface area contributed by atoms with Crippen molar-refractivity contribution in [2.24, 2.45) is 0 Å². The number of carbonyl (C=O) groups excluding carboxylic acids is 2. The summed E-state index contributed by atoms with van der Waals surface area (Å²) in [7, 11) is 1.76. The van der Waals surface area contributed by atoms with Crippen LogP contribution in [0.25, 0.3) is 0 Å². The Kier molecular flexibility index (Phi) is 3.83. The first-order valence-corrected chi connectivity index (χ1v) is 7.01. The van der Waals surface area contributed by atoms with E-state index in [-0.39, 0.29) is 17.9 Å². The van der Waals surface area contributed by atoms with Crippen LogP contribution in [-0.2, 0) is 16.1 Å². The molecule has 1 aromatic heterocycles. The number of nitrogens with zero attached hydrogens (tertiary/aromatic N) is 1. The Bertz CT molecular complexity index is 446. The maximum Gasteiger partial charge on any atom is 0.245 e. The molecule has 4 nitrogen and oxygen atoms in total. The third-order valence-corrected chi connectivity index (χ3v) is 4.37. The summed E-state index contributed by atoms with van der Waals surface area (Å²) < 4.78 is 1.03. The molecule has 1 aliphatic heterocycles. The van der Waals surface area contributed by atoms with E-state index in [4.69, 9.17) is 0 Å². The van der Waals surface area contributed by atoms with Gasteiger partial charge in [-0.2, -0.15) is 0 Å². The molecule has 1 atom stereocenters. The summed E-state index contributed by atoms with van der Waals surface area (Å²) in [6, 6.07) is 1.66. The highest BCUT2D eigenvalue weighted by Crippen LogP contribution is 2.21. The molecule has 1 aliphatic rings. The average molecular weight is 317 g/mol. The minimum atomic E-state index is -0.337. The van der Waals surface area contributed by atoms with Gasteiger partial charge in [0, 0.05) is 28.2 Å². The van der Waals surface area contributed by atoms with E-state index in [0.717, 1.165) is 9.35 Å². The molecular weight excluding hydrogens is 304 g/mol. The number of hydrogen-bond acceptors (Lipinski definition) is 3. The lowest BCUT2D eigenvalue weighted by atomic mass is 10.2. The van der Waals surface area contributed by atoms with Crippen LogP contribution in [0.3, 0.4) is 0 Å². The smallest absolute Gasteiger partial charge is 0.245 e. The topological polar surface area (TPSA) is 49.4 Å². The zero-order valence-electron chi connectivity index (χ0n) is 9.40. The SMILES string of the molecule is CN(Cc1cc(Br)cs1)C(=O)C1CCC(=O)N1. The number of hydrogen-bond donors (Lipinski definition) is 1. The van der Waals surface area contributed by atoms with Crippen molar-refractivity contribution in [3.05, 3.63) is 20.8 Å². The number of carbonyl (C=O) groups is 2. The van der Waals surface area contributed by atoms with Gasteiger partial charge in [-0.25, -0.2) is 0 Å². The lowest BCUT2D eigenvalue weighted by molar-refractivity contribution is -0.133. The molecule has 6 heteroatoms. The second-order valence-corrected chi connectivity index (χ2v) is 6.00. The molecular formula is C11H13BrN2O2S. The number of nitrogens with one attached hydrogen (secondary N) is 1. The lowest BCUT2D eigenvalue weighted by Crippen LogP contribution is -2.42. The summed E-state index contributed by atoms with van der Waals surface area (Å²) in [6.07, 6.45) is 1.06. The number of amides is 2. The Morgan fingerprint density at radius 1 is 1.71 bits per heavy atom. The number of thiophene rings is 1. The van der Waals surface area contributed by atoms with Gasteiger partial charge in [-0.05, 0) is 28.4 Å². The molecule has 0 bridgehead atoms. The number of likely N-dealkylation sites (N-methyl/N-ethyl adjacent to an activating group) is 1. The summed E-state index contributed by atoms with van der Waals surface area (Å²) >= 11 is 4.99. The molecule has 17 heavy (non-hydrogen) atoms. The summed E-state index contributed by atoms with van der Waals surface area (Å²) in [6.45, 7) is 0.585. The Hall–Kier alpha value is -0.880. The predicted octanol–water partition coefficient (Wildman–Crippen LogP) is 1.75. The Morgan fingerprint density at radius 2 is 2.47 bits per heavy atom. The molecule has 0 radical (unpaired) electrons. The quantitative estimate of drug-likeness (QED) is 0.923. The van der Waals surface area contributed by atoms with Gasteiger partial charge in [0.1, 0.15) is 6.04 Å². The molecule has 2 amide bonds. The lowest BCUT2D eigenvalue weighted by Gasteiger charge is -2.20. The van der Waals surface area contributed by atoms with Crippen LogP contribution in [0, 0.1) is 0 Å². The molecule has 2 heterocycles. The van der Waals surface area contributed by atoms with Gasteiger partial charge in [0.25, 0.3) is 0 Å². The Labute approximate surface area is 112 Å². The molecule has 1 fully saturated rings. The first-order chi connectivity index (χ1) is 8.06. The van der Waals surface area contributed by atoms with Crippen molar-refractivity contribution in [3.8, 4) is 0 Å². The van der Waals surface area contributed by atoms with Crippen molar-refractivity contribution in [1.29, 1.82) is 0 Å². The summed E-state index contributed by atoms with van der Waals surface area (Å²) in [4.78, 5) is 25.8.